The Bertz CT molecular complexity index is 5020. The van der Waals surface area contributed by atoms with Crippen molar-refractivity contribution in [3.05, 3.63) is 180 Å². The van der Waals surface area contributed by atoms with Gasteiger partial charge in [0.05, 0.1) is 85.9 Å². The van der Waals surface area contributed by atoms with Gasteiger partial charge in [-0.25, -0.2) is 54.7 Å². The van der Waals surface area contributed by atoms with E-state index in [1.807, 2.05) is 92.6 Å². The number of carbonyl (C=O) groups is 3. The normalized spacial score (nSPS) is 34.5. The molecule has 0 amide bonds. The number of hydrogen-bond acceptors (Lipinski definition) is 22. The van der Waals surface area contributed by atoms with Gasteiger partial charge in [-0.2, -0.15) is 0 Å². The van der Waals surface area contributed by atoms with Gasteiger partial charge in [-0.1, -0.05) is 118 Å². The van der Waals surface area contributed by atoms with Crippen molar-refractivity contribution in [1.29, 1.82) is 0 Å². The van der Waals surface area contributed by atoms with E-state index < -0.39 is 5.79 Å². The molecule has 122 heavy (non-hydrogen) atoms. The highest BCUT2D eigenvalue weighted by Crippen LogP contribution is 2.61. The monoisotopic (exact) mass is 1670 g/mol. The summed E-state index contributed by atoms with van der Waals surface area (Å²) in [4.78, 5) is 85.7. The van der Waals surface area contributed by atoms with E-state index in [4.69, 9.17) is 45.0 Å². The highest BCUT2D eigenvalue weighted by Gasteiger charge is 2.62. The van der Waals surface area contributed by atoms with Crippen LogP contribution in [0, 0.1) is 112 Å². The molecule has 0 bridgehead atoms. The van der Waals surface area contributed by atoms with E-state index in [-0.39, 0.29) is 115 Å². The molecule has 5 saturated carbocycles. The summed E-state index contributed by atoms with van der Waals surface area (Å²) < 4.78 is 29.3. The summed E-state index contributed by atoms with van der Waals surface area (Å²) >= 11 is 0. The number of Topliss-reactive ketones (excluding diaryl/α,β-unsaturated/α-hetero) is 3. The summed E-state index contributed by atoms with van der Waals surface area (Å²) in [6, 6.07) is 0. The molecule has 0 unspecified atom stereocenters. The second kappa shape index (κ2) is 35.9. The Labute approximate surface area is 725 Å². The van der Waals surface area contributed by atoms with Gasteiger partial charge < -0.3 is 38.8 Å². The number of allylic oxidation sites excluding steroid dienone is 4. The number of aliphatic hydroxyl groups excluding tert-OH is 3. The molecular formula is C99H140N12O11. The molecule has 6 aromatic rings. The van der Waals surface area contributed by atoms with E-state index in [1.54, 1.807) is 0 Å². The van der Waals surface area contributed by atoms with Crippen LogP contribution in [0.25, 0.3) is 4.85 Å². The van der Waals surface area contributed by atoms with Gasteiger partial charge in [-0.3, -0.25) is 14.4 Å². The molecule has 2 spiro atoms. The van der Waals surface area contributed by atoms with E-state index in [9.17, 15) is 29.7 Å². The first-order valence-corrected chi connectivity index (χ1v) is 43.9. The highest BCUT2D eigenvalue weighted by molar-refractivity contribution is 6.00. The van der Waals surface area contributed by atoms with Gasteiger partial charge in [0, 0.05) is 135 Å². The predicted octanol–water partition coefficient (Wildman–Crippen LogP) is 19.5. The number of hydrogen-bond donors (Lipinski definition) is 3. The molecule has 0 aromatic carbocycles. The number of carbonyl (C=O) groups excluding carboxylic acids is 3. The largest absolute Gasteiger partial charge is 0.523 e. The molecule has 20 rings (SSSR count). The number of rotatable bonds is 0. The molecule has 662 valence electrons. The van der Waals surface area contributed by atoms with Crippen molar-refractivity contribution < 1.29 is 53.2 Å². The predicted molar refractivity (Wildman–Crippen MR) is 471 cm³/mol. The first-order valence-electron chi connectivity index (χ1n) is 43.9. The van der Waals surface area contributed by atoms with Crippen molar-refractivity contribution in [2.45, 2.75) is 327 Å². The molecule has 6 aromatic heterocycles. The van der Waals surface area contributed by atoms with Gasteiger partial charge in [0.2, 0.25) is 5.70 Å². The highest BCUT2D eigenvalue weighted by atomic mass is 16.7. The number of aromatic nitrogens is 11. The SMILES string of the molecule is C.C.C.C.C[C@H]1[C@@H]2CC/C(=C\O)C(=O)[C@@]2(C)CCC12OCCO2.Cc1ncc2c(n1)[C@@]1(C)C/C(=C/O)C(=O)[C@@H](C)[C@@H]1CC2.Cc1ncc2c(n1)[C@@]1(C)CCC(=O)[C@@H](C)[C@@H]1CC2.Cc1ncc2c(n1)[C@@]1(C)CCC3(OCCO3)[C@@H](C)[C@@H]1CC2.Cc1ncc2c(n1)[C@@]1(C)Cc3cnoc3[C@@H](C)[C@@H]1CC2.[C-]#[N+]C1=C(O)[C@@H](C)[C@@H]2CCc3cnc(C)nc3[C@@]2(C)C1. The first-order chi connectivity index (χ1) is 56.1. The minimum Gasteiger partial charge on any atom is -0.523 e. The second-order valence-corrected chi connectivity index (χ2v) is 38.7. The molecule has 23 nitrogen and oxygen atoms in total. The van der Waals surface area contributed by atoms with Crippen molar-refractivity contribution in [3.63, 3.8) is 0 Å². The van der Waals surface area contributed by atoms with Crippen LogP contribution in [0.3, 0.4) is 0 Å². The van der Waals surface area contributed by atoms with Crippen LogP contribution in [0.4, 0.5) is 0 Å². The third-order valence-corrected chi connectivity index (χ3v) is 32.3. The summed E-state index contributed by atoms with van der Waals surface area (Å²) in [5.41, 5.74) is 14.7. The molecule has 0 radical (unpaired) electrons. The van der Waals surface area contributed by atoms with Crippen molar-refractivity contribution in [3.8, 4) is 0 Å². The van der Waals surface area contributed by atoms with Crippen molar-refractivity contribution >= 4 is 17.3 Å². The fourth-order valence-electron chi connectivity index (χ4n) is 25.6. The molecule has 8 heterocycles. The van der Waals surface area contributed by atoms with Crippen molar-refractivity contribution in [1.82, 2.24) is 55.0 Å². The molecule has 23 heteroatoms. The van der Waals surface area contributed by atoms with E-state index in [0.29, 0.717) is 103 Å². The second-order valence-electron chi connectivity index (χ2n) is 38.7. The Morgan fingerprint density at radius 3 is 1.18 bits per heavy atom. The van der Waals surface area contributed by atoms with Crippen LogP contribution in [0.2, 0.25) is 0 Å². The summed E-state index contributed by atoms with van der Waals surface area (Å²) in [6.07, 6.45) is 33.3. The van der Waals surface area contributed by atoms with Crippen LogP contribution >= 0.6 is 0 Å². The summed E-state index contributed by atoms with van der Waals surface area (Å²) in [7, 11) is 0. The van der Waals surface area contributed by atoms with Gasteiger partial charge in [0.1, 0.15) is 40.7 Å². The fraction of sp³-hybridized carbons (Fsp3) is 0.667. The van der Waals surface area contributed by atoms with E-state index in [0.717, 1.165) is 168 Å². The van der Waals surface area contributed by atoms with E-state index >= 15 is 0 Å². The third kappa shape index (κ3) is 16.0. The number of ether oxygens (including phenoxy) is 4. The summed E-state index contributed by atoms with van der Waals surface area (Å²) in [5.74, 6) is 9.09. The van der Waals surface area contributed by atoms with Crippen LogP contribution in [0.15, 0.2) is 76.8 Å². The number of aryl methyl sites for hydroxylation is 10. The maximum absolute atomic E-state index is 12.6. The molecular weight excluding hydrogens is 1530 g/mol. The van der Waals surface area contributed by atoms with Crippen LogP contribution in [0.1, 0.15) is 312 Å². The average Bonchev–Trinajstić information content (AvgIpc) is 1.16. The Balaban J connectivity index is 0.000000142. The van der Waals surface area contributed by atoms with Crippen molar-refractivity contribution in [2.75, 3.05) is 26.4 Å². The lowest BCUT2D eigenvalue weighted by molar-refractivity contribution is -0.241. The first kappa shape index (κ1) is 94.3. The average molecular weight is 1670 g/mol. The molecule has 7 fully saturated rings. The number of ketones is 3. The summed E-state index contributed by atoms with van der Waals surface area (Å²) in [6.45, 7) is 46.1. The Hall–Kier alpha value is -8.43. The zero-order valence-corrected chi connectivity index (χ0v) is 72.7. The van der Waals surface area contributed by atoms with Crippen LogP contribution < -0.4 is 0 Å². The molecule has 2 saturated heterocycles. The molecule has 14 aliphatic rings. The lowest BCUT2D eigenvalue weighted by Gasteiger charge is -2.54. The summed E-state index contributed by atoms with van der Waals surface area (Å²) in [5, 5.41) is 32.8. The van der Waals surface area contributed by atoms with Gasteiger partial charge in [-0.05, 0) is 214 Å². The minimum absolute atomic E-state index is 0. The number of aliphatic hydroxyl groups is 3. The zero-order valence-electron chi connectivity index (χ0n) is 72.7. The van der Waals surface area contributed by atoms with Gasteiger partial charge in [0.15, 0.2) is 23.1 Å². The van der Waals surface area contributed by atoms with Crippen LogP contribution in [-0.2, 0) is 98.9 Å². The standard InChI is InChI=1S/C17H24N2O2.2C16H19N3O.C16H20N2O2.C15H20N2O.C15H22O4.4CH4/c1-11-14-5-4-13-10-18-12(2)19-15(13)16(14,3)6-7-17(11)20-8-9-21-17;1-9-13-5-4-11-7-17-10(2)19-15(11)16(13,3)6-12-8-18-20-14(9)12;1-9-12-6-5-11-8-18-10(2)19-15(11)16(12,3)7-13(17-4)14(9)20;1-9-13-5-4-11-7-17-10(2)18-15(11)16(13,3)6-12(8-19)14(9)20;1-9-12-5-4-11-8-16-10(2)17-14(11)15(12,3)7-6-13(9)18;1-10-12-4-3-11(9-16)13(17)14(12,2)5-6-15(10)18-7-8-19-15;;;;/h10-11,14H,4-9H2,1-3H3;7-9,13H,4-6H2,1-3H3;8-9,12,20H,5-7H2,1-3H3;7-9,13,19H,4-6H2,1-3H3;8-9,12H,4-7H2,1-3H3;9-10,12,16H,3-8H2,1-2H3;4*1H4/b;;;12-8-;;11-9+;;;;/t11-,14-,16-;9-,13-,16-;9-,12-,16-;9-,13-,16-;9-,12-,15-;10-,12-,14-;;;;/m000000..../s1. The zero-order chi connectivity index (χ0) is 84.1. The topological polar surface area (TPSA) is 308 Å². The molecule has 12 aliphatic carbocycles. The van der Waals surface area contributed by atoms with E-state index in [1.165, 1.54) is 63.3 Å². The Kier molecular flexibility index (Phi) is 27.7. The van der Waals surface area contributed by atoms with Crippen LogP contribution in [-0.4, -0.2) is 126 Å². The fourth-order valence-corrected chi connectivity index (χ4v) is 25.6. The Morgan fingerprint density at radius 1 is 0.402 bits per heavy atom. The lowest BCUT2D eigenvalue weighted by Crippen LogP contribution is -2.56. The quantitative estimate of drug-likeness (QED) is 0.0723. The Morgan fingerprint density at radius 2 is 0.754 bits per heavy atom. The lowest BCUT2D eigenvalue weighted by atomic mass is 9.54. The number of nitrogens with zero attached hydrogens (tertiary/aromatic N) is 12. The van der Waals surface area contributed by atoms with Crippen molar-refractivity contribution in [2.24, 2.45) is 70.5 Å². The maximum Gasteiger partial charge on any atom is 0.203 e. The minimum atomic E-state index is -0.467. The van der Waals surface area contributed by atoms with Gasteiger partial charge in [0.25, 0.3) is 0 Å². The third-order valence-electron chi connectivity index (χ3n) is 32.3. The van der Waals surface area contributed by atoms with E-state index in [2.05, 4.69) is 107 Å². The molecule has 2 aliphatic heterocycles. The molecule has 3 N–H and O–H groups in total. The maximum atomic E-state index is 12.6. The molecule has 18 atom stereocenters. The van der Waals surface area contributed by atoms with Gasteiger partial charge in [-0.15, -0.1) is 0 Å². The van der Waals surface area contributed by atoms with Crippen LogP contribution in [0.5, 0.6) is 0 Å². The number of fused-ring (bicyclic) bond motifs is 17. The van der Waals surface area contributed by atoms with Gasteiger partial charge >= 0.3 is 0 Å². The smallest absolute Gasteiger partial charge is 0.203 e.